The monoisotopic (exact) mass is 313 g/mol. The minimum absolute atomic E-state index is 0.189. The number of ether oxygens (including phenoxy) is 2. The summed E-state index contributed by atoms with van der Waals surface area (Å²) in [5.41, 5.74) is 1.03. The molecule has 1 aromatic carbocycles. The number of carbonyl (C=O) groups excluding carboxylic acids is 2. The molecular weight excluding hydrogens is 302 g/mol. The summed E-state index contributed by atoms with van der Waals surface area (Å²) in [5, 5.41) is -0.729. The highest BCUT2D eigenvalue weighted by atomic mass is 79.9. The SMILES string of the molecule is CCOC(=O)c1ccc2c(c1)OC(Br)C(=O)N2C. The van der Waals surface area contributed by atoms with Crippen molar-refractivity contribution in [2.24, 2.45) is 0 Å². The van der Waals surface area contributed by atoms with Gasteiger partial charge in [0.1, 0.15) is 5.75 Å². The number of nitrogens with zero attached hydrogens (tertiary/aromatic N) is 1. The van der Waals surface area contributed by atoms with E-state index in [0.29, 0.717) is 23.6 Å². The molecule has 0 N–H and O–H groups in total. The molecule has 1 aliphatic rings. The maximum Gasteiger partial charge on any atom is 0.338 e. The molecule has 0 fully saturated rings. The minimum atomic E-state index is -0.729. The lowest BCUT2D eigenvalue weighted by Gasteiger charge is -2.29. The molecule has 1 atom stereocenters. The predicted molar refractivity (Wildman–Crippen MR) is 69.2 cm³/mol. The van der Waals surface area contributed by atoms with E-state index in [-0.39, 0.29) is 5.91 Å². The Balaban J connectivity index is 2.36. The standard InChI is InChI=1S/C12H12BrNO4/c1-3-17-12(16)7-4-5-8-9(6-7)18-10(13)11(15)14(8)2/h4-6,10H,3H2,1-2H3. The quantitative estimate of drug-likeness (QED) is 0.618. The van der Waals surface area contributed by atoms with E-state index in [2.05, 4.69) is 15.9 Å². The van der Waals surface area contributed by atoms with E-state index in [1.54, 1.807) is 32.2 Å². The van der Waals surface area contributed by atoms with Gasteiger partial charge in [-0.2, -0.15) is 0 Å². The third-order valence-electron chi connectivity index (χ3n) is 2.59. The summed E-state index contributed by atoms with van der Waals surface area (Å²) >= 11 is 3.13. The van der Waals surface area contributed by atoms with Gasteiger partial charge in [-0.1, -0.05) is 0 Å². The van der Waals surface area contributed by atoms with Crippen LogP contribution in [0.1, 0.15) is 17.3 Å². The van der Waals surface area contributed by atoms with Crippen molar-refractivity contribution in [2.75, 3.05) is 18.6 Å². The van der Waals surface area contributed by atoms with Crippen LogP contribution in [0.15, 0.2) is 18.2 Å². The Labute approximate surface area is 113 Å². The number of alkyl halides is 1. The first kappa shape index (κ1) is 12.9. The van der Waals surface area contributed by atoms with Gasteiger partial charge >= 0.3 is 5.97 Å². The maximum atomic E-state index is 11.7. The van der Waals surface area contributed by atoms with Crippen LogP contribution in [0, 0.1) is 0 Å². The Kier molecular flexibility index (Phi) is 3.56. The van der Waals surface area contributed by atoms with Crippen LogP contribution in [0.4, 0.5) is 5.69 Å². The first-order valence-electron chi connectivity index (χ1n) is 5.44. The summed E-state index contributed by atoms with van der Waals surface area (Å²) in [7, 11) is 1.65. The normalized spacial score (nSPS) is 18.1. The van der Waals surface area contributed by atoms with Gasteiger partial charge in [0.15, 0.2) is 0 Å². The van der Waals surface area contributed by atoms with Gasteiger partial charge in [0.2, 0.25) is 5.01 Å². The average molecular weight is 314 g/mol. The number of halogens is 1. The van der Waals surface area contributed by atoms with E-state index in [1.807, 2.05) is 0 Å². The van der Waals surface area contributed by atoms with Crippen molar-refractivity contribution < 1.29 is 19.1 Å². The Morgan fingerprint density at radius 1 is 1.56 bits per heavy atom. The van der Waals surface area contributed by atoms with Gasteiger partial charge in [-0.05, 0) is 41.1 Å². The maximum absolute atomic E-state index is 11.7. The van der Waals surface area contributed by atoms with Crippen LogP contribution in [0.5, 0.6) is 5.75 Å². The number of fused-ring (bicyclic) bond motifs is 1. The highest BCUT2D eigenvalue weighted by molar-refractivity contribution is 9.09. The van der Waals surface area contributed by atoms with Crippen LogP contribution in [-0.4, -0.2) is 30.5 Å². The molecule has 1 aromatic rings. The Morgan fingerprint density at radius 3 is 2.94 bits per heavy atom. The van der Waals surface area contributed by atoms with Crippen molar-refractivity contribution >= 4 is 33.5 Å². The zero-order chi connectivity index (χ0) is 13.3. The number of esters is 1. The third-order valence-corrected chi connectivity index (χ3v) is 3.17. The lowest BCUT2D eigenvalue weighted by atomic mass is 10.1. The Hall–Kier alpha value is -1.56. The van der Waals surface area contributed by atoms with Gasteiger partial charge in [0.25, 0.3) is 5.91 Å². The zero-order valence-electron chi connectivity index (χ0n) is 9.97. The van der Waals surface area contributed by atoms with Crippen LogP contribution in [0.2, 0.25) is 0 Å². The van der Waals surface area contributed by atoms with Crippen LogP contribution >= 0.6 is 15.9 Å². The summed E-state index contributed by atoms with van der Waals surface area (Å²) in [6, 6.07) is 4.85. The number of anilines is 1. The molecule has 1 heterocycles. The average Bonchev–Trinajstić information content (AvgIpc) is 2.36. The van der Waals surface area contributed by atoms with Crippen LogP contribution in [0.25, 0.3) is 0 Å². The lowest BCUT2D eigenvalue weighted by molar-refractivity contribution is -0.122. The molecule has 0 saturated heterocycles. The van der Waals surface area contributed by atoms with Crippen molar-refractivity contribution in [1.82, 2.24) is 0 Å². The Bertz CT molecular complexity index is 503. The fraction of sp³-hybridized carbons (Fsp3) is 0.333. The number of likely N-dealkylation sites (N-methyl/N-ethyl adjacent to an activating group) is 1. The molecule has 0 bridgehead atoms. The number of hydrogen-bond acceptors (Lipinski definition) is 4. The molecule has 1 amide bonds. The van der Waals surface area contributed by atoms with Crippen LogP contribution in [-0.2, 0) is 9.53 Å². The molecule has 0 aliphatic carbocycles. The second-order valence-corrected chi connectivity index (χ2v) is 4.57. The van der Waals surface area contributed by atoms with Crippen LogP contribution in [0.3, 0.4) is 0 Å². The molecule has 5 nitrogen and oxygen atoms in total. The van der Waals surface area contributed by atoms with Gasteiger partial charge in [0.05, 0.1) is 17.9 Å². The molecule has 0 aromatic heterocycles. The van der Waals surface area contributed by atoms with Crippen molar-refractivity contribution in [3.05, 3.63) is 23.8 Å². The number of hydrogen-bond donors (Lipinski definition) is 0. The van der Waals surface area contributed by atoms with Crippen molar-refractivity contribution in [3.63, 3.8) is 0 Å². The second-order valence-electron chi connectivity index (χ2n) is 3.73. The molecule has 1 unspecified atom stereocenters. The van der Waals surface area contributed by atoms with Crippen LogP contribution < -0.4 is 9.64 Å². The number of rotatable bonds is 2. The molecule has 1 aliphatic heterocycles. The summed E-state index contributed by atoms with van der Waals surface area (Å²) in [5.74, 6) is -0.120. The summed E-state index contributed by atoms with van der Waals surface area (Å²) in [6.45, 7) is 2.06. The smallest absolute Gasteiger partial charge is 0.338 e. The van der Waals surface area contributed by atoms with Gasteiger partial charge in [-0.3, -0.25) is 4.79 Å². The fourth-order valence-corrected chi connectivity index (χ4v) is 2.17. The van der Waals surface area contributed by atoms with Gasteiger partial charge in [-0.15, -0.1) is 0 Å². The number of benzene rings is 1. The van der Waals surface area contributed by atoms with E-state index in [4.69, 9.17) is 9.47 Å². The minimum Gasteiger partial charge on any atom is -0.467 e. The molecule has 0 spiro atoms. The molecule has 18 heavy (non-hydrogen) atoms. The highest BCUT2D eigenvalue weighted by Crippen LogP contribution is 2.35. The molecule has 96 valence electrons. The van der Waals surface area contributed by atoms with Crippen molar-refractivity contribution in [1.29, 1.82) is 0 Å². The summed E-state index contributed by atoms with van der Waals surface area (Å²) in [6.07, 6.45) is 0. The summed E-state index contributed by atoms with van der Waals surface area (Å²) < 4.78 is 10.3. The summed E-state index contributed by atoms with van der Waals surface area (Å²) in [4.78, 5) is 24.7. The van der Waals surface area contributed by atoms with Gasteiger partial charge < -0.3 is 14.4 Å². The molecule has 0 radical (unpaired) electrons. The van der Waals surface area contributed by atoms with E-state index >= 15 is 0 Å². The first-order chi connectivity index (χ1) is 8.54. The third kappa shape index (κ3) is 2.20. The van der Waals surface area contributed by atoms with Crippen molar-refractivity contribution in [2.45, 2.75) is 11.9 Å². The second kappa shape index (κ2) is 4.97. The predicted octanol–water partition coefficient (Wildman–Crippen LogP) is 1.94. The Morgan fingerprint density at radius 2 is 2.28 bits per heavy atom. The van der Waals surface area contributed by atoms with E-state index in [0.717, 1.165) is 0 Å². The van der Waals surface area contributed by atoms with Gasteiger partial charge in [0, 0.05) is 7.05 Å². The van der Waals surface area contributed by atoms with Gasteiger partial charge in [-0.25, -0.2) is 4.79 Å². The highest BCUT2D eigenvalue weighted by Gasteiger charge is 2.30. The van der Waals surface area contributed by atoms with E-state index in [9.17, 15) is 9.59 Å². The largest absolute Gasteiger partial charge is 0.467 e. The van der Waals surface area contributed by atoms with Crippen molar-refractivity contribution in [3.8, 4) is 5.75 Å². The topological polar surface area (TPSA) is 55.8 Å². The molecular formula is C12H12BrNO4. The first-order valence-corrected chi connectivity index (χ1v) is 6.35. The van der Waals surface area contributed by atoms with E-state index < -0.39 is 11.0 Å². The number of carbonyl (C=O) groups is 2. The zero-order valence-corrected chi connectivity index (χ0v) is 11.6. The number of amides is 1. The fourth-order valence-electron chi connectivity index (χ4n) is 1.66. The lowest BCUT2D eigenvalue weighted by Crippen LogP contribution is -2.40. The molecule has 0 saturated carbocycles. The molecule has 2 rings (SSSR count). The van der Waals surface area contributed by atoms with E-state index in [1.165, 1.54) is 4.90 Å². The molecule has 6 heteroatoms.